The van der Waals surface area contributed by atoms with Crippen molar-refractivity contribution in [3.63, 3.8) is 0 Å². The van der Waals surface area contributed by atoms with Crippen LogP contribution in [-0.4, -0.2) is 22.9 Å². The lowest BCUT2D eigenvalue weighted by Gasteiger charge is -2.12. The van der Waals surface area contributed by atoms with Gasteiger partial charge in [-0.25, -0.2) is 9.97 Å². The highest BCUT2D eigenvalue weighted by molar-refractivity contribution is 7.09. The quantitative estimate of drug-likeness (QED) is 0.885. The van der Waals surface area contributed by atoms with Crippen molar-refractivity contribution >= 4 is 23.1 Å². The number of rotatable bonds is 4. The van der Waals surface area contributed by atoms with Crippen molar-refractivity contribution in [2.75, 3.05) is 12.4 Å². The van der Waals surface area contributed by atoms with E-state index in [1.807, 2.05) is 12.3 Å². The molecule has 1 atom stereocenters. The van der Waals surface area contributed by atoms with E-state index >= 15 is 0 Å². The van der Waals surface area contributed by atoms with E-state index in [4.69, 9.17) is 0 Å². The Hall–Kier alpha value is -1.95. The number of nitrogens with zero attached hydrogens (tertiary/aromatic N) is 2. The van der Waals surface area contributed by atoms with Crippen LogP contribution in [0.25, 0.3) is 0 Å². The summed E-state index contributed by atoms with van der Waals surface area (Å²) in [4.78, 5) is 20.4. The van der Waals surface area contributed by atoms with Crippen LogP contribution in [0.3, 0.4) is 0 Å². The first-order valence-electron chi connectivity index (χ1n) is 5.55. The lowest BCUT2D eigenvalue weighted by Crippen LogP contribution is -2.27. The molecule has 2 heterocycles. The average molecular weight is 262 g/mol. The second kappa shape index (κ2) is 5.59. The number of pyridine rings is 1. The molecule has 5 nitrogen and oxygen atoms in total. The Morgan fingerprint density at radius 2 is 2.22 bits per heavy atom. The van der Waals surface area contributed by atoms with Gasteiger partial charge in [0.2, 0.25) is 0 Å². The molecule has 0 aliphatic rings. The van der Waals surface area contributed by atoms with Gasteiger partial charge in [-0.2, -0.15) is 0 Å². The Morgan fingerprint density at radius 3 is 2.89 bits per heavy atom. The summed E-state index contributed by atoms with van der Waals surface area (Å²) in [6, 6.07) is 3.37. The first kappa shape index (κ1) is 12.5. The molecular formula is C12H14N4OS. The van der Waals surface area contributed by atoms with Gasteiger partial charge in [-0.05, 0) is 19.1 Å². The number of carbonyl (C=O) groups is 1. The van der Waals surface area contributed by atoms with Crippen molar-refractivity contribution in [1.29, 1.82) is 0 Å². The van der Waals surface area contributed by atoms with Crippen molar-refractivity contribution in [2.24, 2.45) is 0 Å². The van der Waals surface area contributed by atoms with E-state index in [0.29, 0.717) is 11.4 Å². The van der Waals surface area contributed by atoms with Crippen molar-refractivity contribution in [1.82, 2.24) is 15.3 Å². The number of thiazole rings is 1. The first-order valence-corrected chi connectivity index (χ1v) is 6.43. The van der Waals surface area contributed by atoms with Gasteiger partial charge in [0.05, 0.1) is 11.6 Å². The molecule has 94 valence electrons. The molecule has 2 aromatic rings. The van der Waals surface area contributed by atoms with Crippen LogP contribution in [0, 0.1) is 0 Å². The van der Waals surface area contributed by atoms with Crippen molar-refractivity contribution < 1.29 is 4.79 Å². The van der Waals surface area contributed by atoms with Crippen LogP contribution >= 0.6 is 11.3 Å². The van der Waals surface area contributed by atoms with Gasteiger partial charge in [-0.1, -0.05) is 0 Å². The maximum Gasteiger partial charge on any atom is 0.255 e. The molecule has 0 fully saturated rings. The second-order valence-electron chi connectivity index (χ2n) is 3.72. The van der Waals surface area contributed by atoms with E-state index in [1.54, 1.807) is 31.6 Å². The third-order valence-corrected chi connectivity index (χ3v) is 3.42. The molecule has 2 rings (SSSR count). The zero-order chi connectivity index (χ0) is 13.0. The minimum atomic E-state index is -0.157. The van der Waals surface area contributed by atoms with Gasteiger partial charge >= 0.3 is 0 Å². The molecule has 1 amide bonds. The molecule has 6 heteroatoms. The van der Waals surface area contributed by atoms with E-state index in [-0.39, 0.29) is 11.9 Å². The van der Waals surface area contributed by atoms with Gasteiger partial charge in [-0.15, -0.1) is 11.3 Å². The summed E-state index contributed by atoms with van der Waals surface area (Å²) >= 11 is 1.52. The fourth-order valence-corrected chi connectivity index (χ4v) is 2.22. The Bertz CT molecular complexity index is 527. The fourth-order valence-electron chi connectivity index (χ4n) is 1.57. The predicted molar refractivity (Wildman–Crippen MR) is 71.8 cm³/mol. The maximum atomic E-state index is 12.1. The fraction of sp³-hybridized carbons (Fsp3) is 0.250. The number of aromatic nitrogens is 2. The molecule has 2 N–H and O–H groups in total. The van der Waals surface area contributed by atoms with Crippen LogP contribution in [0.15, 0.2) is 29.9 Å². The van der Waals surface area contributed by atoms with Crippen molar-refractivity contribution in [3.05, 3.63) is 40.5 Å². The topological polar surface area (TPSA) is 66.9 Å². The normalized spacial score (nSPS) is 11.9. The highest BCUT2D eigenvalue weighted by Crippen LogP contribution is 2.17. The Balaban J connectivity index is 2.12. The van der Waals surface area contributed by atoms with Crippen LogP contribution in [0.1, 0.15) is 28.3 Å². The number of amides is 1. The van der Waals surface area contributed by atoms with Gasteiger partial charge in [0.15, 0.2) is 0 Å². The Labute approximate surface area is 109 Å². The summed E-state index contributed by atoms with van der Waals surface area (Å²) in [5.74, 6) is 0.413. The van der Waals surface area contributed by atoms with Gasteiger partial charge in [0, 0.05) is 24.8 Å². The first-order chi connectivity index (χ1) is 8.72. The van der Waals surface area contributed by atoms with Crippen LogP contribution in [0.2, 0.25) is 0 Å². The van der Waals surface area contributed by atoms with Gasteiger partial charge in [0.25, 0.3) is 5.91 Å². The van der Waals surface area contributed by atoms with Crippen LogP contribution in [-0.2, 0) is 0 Å². The minimum Gasteiger partial charge on any atom is -0.372 e. The smallest absolute Gasteiger partial charge is 0.255 e. The summed E-state index contributed by atoms with van der Waals surface area (Å²) < 4.78 is 0. The zero-order valence-electron chi connectivity index (χ0n) is 10.2. The number of carbonyl (C=O) groups excluding carboxylic acids is 1. The lowest BCUT2D eigenvalue weighted by atomic mass is 10.2. The third kappa shape index (κ3) is 2.65. The molecule has 0 radical (unpaired) electrons. The van der Waals surface area contributed by atoms with Crippen molar-refractivity contribution in [2.45, 2.75) is 13.0 Å². The molecule has 0 aliphatic heterocycles. The Kier molecular flexibility index (Phi) is 3.88. The molecule has 0 aromatic carbocycles. The summed E-state index contributed by atoms with van der Waals surface area (Å²) in [6.07, 6.45) is 3.37. The summed E-state index contributed by atoms with van der Waals surface area (Å²) in [5.41, 5.74) is 0.531. The standard InChI is InChI=1S/C12H14N4OS/c1-8(12-15-6-7-18-12)16-11(17)9-4-3-5-14-10(9)13-2/h3-8H,1-2H3,(H,13,14)(H,16,17). The van der Waals surface area contributed by atoms with E-state index in [9.17, 15) is 4.79 Å². The highest BCUT2D eigenvalue weighted by atomic mass is 32.1. The third-order valence-electron chi connectivity index (χ3n) is 2.46. The number of nitrogens with one attached hydrogen (secondary N) is 2. The van der Waals surface area contributed by atoms with E-state index in [1.165, 1.54) is 11.3 Å². The molecule has 0 bridgehead atoms. The summed E-state index contributed by atoms with van der Waals surface area (Å²) in [7, 11) is 1.74. The predicted octanol–water partition coefficient (Wildman–Crippen LogP) is 2.07. The van der Waals surface area contributed by atoms with Crippen LogP contribution in [0.4, 0.5) is 5.82 Å². The molecule has 18 heavy (non-hydrogen) atoms. The second-order valence-corrected chi connectivity index (χ2v) is 4.64. The summed E-state index contributed by atoms with van der Waals surface area (Å²) in [6.45, 7) is 1.91. The molecule has 0 saturated heterocycles. The molecule has 0 aliphatic carbocycles. The van der Waals surface area contributed by atoms with Crippen molar-refractivity contribution in [3.8, 4) is 0 Å². The zero-order valence-corrected chi connectivity index (χ0v) is 11.0. The van der Waals surface area contributed by atoms with Gasteiger partial charge < -0.3 is 10.6 Å². The van der Waals surface area contributed by atoms with Crippen LogP contribution < -0.4 is 10.6 Å². The van der Waals surface area contributed by atoms with E-state index in [2.05, 4.69) is 20.6 Å². The molecular weight excluding hydrogens is 248 g/mol. The monoisotopic (exact) mass is 262 g/mol. The van der Waals surface area contributed by atoms with Crippen LogP contribution in [0.5, 0.6) is 0 Å². The number of hydrogen-bond donors (Lipinski definition) is 2. The highest BCUT2D eigenvalue weighted by Gasteiger charge is 2.15. The molecule has 1 unspecified atom stereocenters. The number of anilines is 1. The molecule has 0 saturated carbocycles. The van der Waals surface area contributed by atoms with E-state index in [0.717, 1.165) is 5.01 Å². The Morgan fingerprint density at radius 1 is 1.39 bits per heavy atom. The average Bonchev–Trinajstić information content (AvgIpc) is 2.92. The molecule has 0 spiro atoms. The molecule has 2 aromatic heterocycles. The van der Waals surface area contributed by atoms with E-state index < -0.39 is 0 Å². The minimum absolute atomic E-state index is 0.109. The van der Waals surface area contributed by atoms with Gasteiger partial charge in [-0.3, -0.25) is 4.79 Å². The summed E-state index contributed by atoms with van der Waals surface area (Å²) in [5, 5.41) is 8.58. The SMILES string of the molecule is CNc1ncccc1C(=O)NC(C)c1nccs1. The lowest BCUT2D eigenvalue weighted by molar-refractivity contribution is 0.0940. The van der Waals surface area contributed by atoms with Gasteiger partial charge in [0.1, 0.15) is 10.8 Å². The largest absolute Gasteiger partial charge is 0.372 e. The maximum absolute atomic E-state index is 12.1. The number of hydrogen-bond acceptors (Lipinski definition) is 5.